The molecule has 0 spiro atoms. The molecule has 0 aliphatic carbocycles. The summed E-state index contributed by atoms with van der Waals surface area (Å²) in [6, 6.07) is 12.3. The minimum Gasteiger partial charge on any atom is -0.384 e. The maximum Gasteiger partial charge on any atom is 0.124 e. The lowest BCUT2D eigenvalue weighted by Crippen LogP contribution is -2.06. The first kappa shape index (κ1) is 13.0. The van der Waals surface area contributed by atoms with Crippen LogP contribution in [0.15, 0.2) is 42.5 Å². The van der Waals surface area contributed by atoms with Gasteiger partial charge in [0.15, 0.2) is 0 Å². The molecule has 0 aliphatic heterocycles. The Labute approximate surface area is 110 Å². The van der Waals surface area contributed by atoms with Gasteiger partial charge in [0.1, 0.15) is 17.7 Å². The van der Waals surface area contributed by atoms with Gasteiger partial charge in [-0.3, -0.25) is 0 Å². The van der Waals surface area contributed by atoms with Gasteiger partial charge >= 0.3 is 0 Å². The van der Waals surface area contributed by atoms with E-state index in [1.165, 1.54) is 30.3 Å². The van der Waals surface area contributed by atoms with Crippen molar-refractivity contribution < 1.29 is 8.78 Å². The fourth-order valence-corrected chi connectivity index (χ4v) is 1.80. The molecule has 0 atom stereocenters. The Balaban J connectivity index is 1.98. The Morgan fingerprint density at radius 1 is 1.05 bits per heavy atom. The highest BCUT2D eigenvalue weighted by molar-refractivity contribution is 5.57. The standard InChI is InChI=1S/C15H12F2N2/c16-13-3-1-2-11(8-13)6-7-19-15-5-4-14(17)9-12(15)10-18/h1-5,8-9,19H,6-7H2. The highest BCUT2D eigenvalue weighted by Gasteiger charge is 2.03. The van der Waals surface area contributed by atoms with E-state index in [-0.39, 0.29) is 11.4 Å². The third-order valence-corrected chi connectivity index (χ3v) is 2.72. The van der Waals surface area contributed by atoms with Crippen LogP contribution >= 0.6 is 0 Å². The zero-order valence-electron chi connectivity index (χ0n) is 10.2. The summed E-state index contributed by atoms with van der Waals surface area (Å²) in [7, 11) is 0. The van der Waals surface area contributed by atoms with E-state index in [9.17, 15) is 8.78 Å². The monoisotopic (exact) mass is 258 g/mol. The van der Waals surface area contributed by atoms with Crippen molar-refractivity contribution in [2.24, 2.45) is 0 Å². The van der Waals surface area contributed by atoms with Crippen molar-refractivity contribution in [1.82, 2.24) is 0 Å². The van der Waals surface area contributed by atoms with Crippen LogP contribution in [0.2, 0.25) is 0 Å². The highest BCUT2D eigenvalue weighted by Crippen LogP contribution is 2.16. The first-order valence-electron chi connectivity index (χ1n) is 5.87. The molecule has 0 unspecified atom stereocenters. The topological polar surface area (TPSA) is 35.8 Å². The van der Waals surface area contributed by atoms with Crippen molar-refractivity contribution >= 4 is 5.69 Å². The number of rotatable bonds is 4. The van der Waals surface area contributed by atoms with Gasteiger partial charge in [0.2, 0.25) is 0 Å². The average molecular weight is 258 g/mol. The van der Waals surface area contributed by atoms with E-state index < -0.39 is 5.82 Å². The molecule has 0 heterocycles. The van der Waals surface area contributed by atoms with Gasteiger partial charge in [-0.2, -0.15) is 5.26 Å². The number of nitriles is 1. The van der Waals surface area contributed by atoms with Gasteiger partial charge in [0.05, 0.1) is 11.3 Å². The molecule has 2 aromatic carbocycles. The summed E-state index contributed by atoms with van der Waals surface area (Å²) in [4.78, 5) is 0. The highest BCUT2D eigenvalue weighted by atomic mass is 19.1. The van der Waals surface area contributed by atoms with Crippen LogP contribution in [-0.4, -0.2) is 6.54 Å². The molecule has 0 aliphatic rings. The summed E-state index contributed by atoms with van der Waals surface area (Å²) in [6.45, 7) is 0.545. The quantitative estimate of drug-likeness (QED) is 0.911. The number of hydrogen-bond acceptors (Lipinski definition) is 2. The van der Waals surface area contributed by atoms with Gasteiger partial charge in [-0.25, -0.2) is 8.78 Å². The van der Waals surface area contributed by atoms with Crippen LogP contribution in [0.25, 0.3) is 0 Å². The van der Waals surface area contributed by atoms with E-state index in [1.54, 1.807) is 6.07 Å². The summed E-state index contributed by atoms with van der Waals surface area (Å²) >= 11 is 0. The van der Waals surface area contributed by atoms with Crippen molar-refractivity contribution in [3.8, 4) is 6.07 Å². The van der Waals surface area contributed by atoms with E-state index in [0.717, 1.165) is 5.56 Å². The molecular formula is C15H12F2N2. The van der Waals surface area contributed by atoms with E-state index in [1.807, 2.05) is 12.1 Å². The molecule has 0 amide bonds. The van der Waals surface area contributed by atoms with Crippen molar-refractivity contribution in [3.63, 3.8) is 0 Å². The molecular weight excluding hydrogens is 246 g/mol. The molecule has 0 aromatic heterocycles. The van der Waals surface area contributed by atoms with E-state index in [4.69, 9.17) is 5.26 Å². The summed E-state index contributed by atoms with van der Waals surface area (Å²) in [5.74, 6) is -0.704. The van der Waals surface area contributed by atoms with Gasteiger partial charge < -0.3 is 5.32 Å². The minimum absolute atomic E-state index is 0.263. The summed E-state index contributed by atoms with van der Waals surface area (Å²) in [5.41, 5.74) is 1.72. The molecule has 2 aromatic rings. The normalized spacial score (nSPS) is 9.95. The van der Waals surface area contributed by atoms with E-state index in [0.29, 0.717) is 18.7 Å². The van der Waals surface area contributed by atoms with Crippen LogP contribution in [0.5, 0.6) is 0 Å². The molecule has 0 saturated carbocycles. The number of nitrogens with one attached hydrogen (secondary N) is 1. The van der Waals surface area contributed by atoms with E-state index in [2.05, 4.69) is 5.32 Å². The molecule has 1 N–H and O–H groups in total. The van der Waals surface area contributed by atoms with E-state index >= 15 is 0 Å². The fourth-order valence-electron chi connectivity index (χ4n) is 1.80. The number of halogens is 2. The number of nitrogens with zero attached hydrogens (tertiary/aromatic N) is 1. The van der Waals surface area contributed by atoms with Crippen LogP contribution in [-0.2, 0) is 6.42 Å². The first-order chi connectivity index (χ1) is 9.19. The third kappa shape index (κ3) is 3.52. The minimum atomic E-state index is -0.438. The zero-order chi connectivity index (χ0) is 13.7. The Bertz CT molecular complexity index is 618. The third-order valence-electron chi connectivity index (χ3n) is 2.72. The SMILES string of the molecule is N#Cc1cc(F)ccc1NCCc1cccc(F)c1. The van der Waals surface area contributed by atoms with Crippen molar-refractivity contribution in [3.05, 3.63) is 65.2 Å². The zero-order valence-corrected chi connectivity index (χ0v) is 10.2. The summed E-state index contributed by atoms with van der Waals surface area (Å²) in [6.07, 6.45) is 0.625. The molecule has 0 radical (unpaired) electrons. The van der Waals surface area contributed by atoms with Gasteiger partial charge in [-0.05, 0) is 42.3 Å². The maximum atomic E-state index is 13.0. The molecule has 0 bridgehead atoms. The smallest absolute Gasteiger partial charge is 0.124 e. The lowest BCUT2D eigenvalue weighted by atomic mass is 10.1. The second-order valence-corrected chi connectivity index (χ2v) is 4.11. The Morgan fingerprint density at radius 3 is 2.58 bits per heavy atom. The molecule has 2 rings (SSSR count). The molecule has 96 valence electrons. The lowest BCUT2D eigenvalue weighted by Gasteiger charge is -2.08. The largest absolute Gasteiger partial charge is 0.384 e. The van der Waals surface area contributed by atoms with Crippen molar-refractivity contribution in [1.29, 1.82) is 5.26 Å². The van der Waals surface area contributed by atoms with Crippen LogP contribution in [0.4, 0.5) is 14.5 Å². The predicted molar refractivity (Wildman–Crippen MR) is 69.7 cm³/mol. The van der Waals surface area contributed by atoms with Crippen molar-refractivity contribution in [2.45, 2.75) is 6.42 Å². The van der Waals surface area contributed by atoms with Gasteiger partial charge in [0, 0.05) is 6.54 Å². The van der Waals surface area contributed by atoms with Crippen LogP contribution in [0.3, 0.4) is 0 Å². The molecule has 0 fully saturated rings. The number of benzene rings is 2. The molecule has 4 heteroatoms. The Hall–Kier alpha value is -2.41. The number of hydrogen-bond donors (Lipinski definition) is 1. The van der Waals surface area contributed by atoms with Crippen LogP contribution in [0.1, 0.15) is 11.1 Å². The van der Waals surface area contributed by atoms with Gasteiger partial charge in [0.25, 0.3) is 0 Å². The predicted octanol–water partition coefficient (Wildman–Crippen LogP) is 3.49. The number of anilines is 1. The second-order valence-electron chi connectivity index (χ2n) is 4.11. The Kier molecular flexibility index (Phi) is 4.09. The van der Waals surface area contributed by atoms with Crippen LogP contribution in [0, 0.1) is 23.0 Å². The average Bonchev–Trinajstić information content (AvgIpc) is 2.40. The fraction of sp³-hybridized carbons (Fsp3) is 0.133. The first-order valence-corrected chi connectivity index (χ1v) is 5.87. The molecule has 19 heavy (non-hydrogen) atoms. The molecule has 2 nitrogen and oxygen atoms in total. The van der Waals surface area contributed by atoms with Crippen LogP contribution < -0.4 is 5.32 Å². The van der Waals surface area contributed by atoms with Gasteiger partial charge in [-0.1, -0.05) is 12.1 Å². The van der Waals surface area contributed by atoms with Gasteiger partial charge in [-0.15, -0.1) is 0 Å². The Morgan fingerprint density at radius 2 is 1.84 bits per heavy atom. The maximum absolute atomic E-state index is 13.0. The summed E-state index contributed by atoms with van der Waals surface area (Å²) < 4.78 is 25.9. The lowest BCUT2D eigenvalue weighted by molar-refractivity contribution is 0.625. The summed E-state index contributed by atoms with van der Waals surface area (Å²) in [5, 5.41) is 11.9. The molecule has 0 saturated heterocycles. The van der Waals surface area contributed by atoms with Crippen molar-refractivity contribution in [2.75, 3.05) is 11.9 Å². The second kappa shape index (κ2) is 5.96.